The molecule has 3 aromatic carbocycles. The van der Waals surface area contributed by atoms with Crippen molar-refractivity contribution in [2.75, 3.05) is 13.2 Å². The van der Waals surface area contributed by atoms with E-state index in [2.05, 4.69) is 6.08 Å². The van der Waals surface area contributed by atoms with Gasteiger partial charge in [-0.25, -0.2) is 8.42 Å². The molecule has 2 aliphatic rings. The average Bonchev–Trinajstić information content (AvgIpc) is 3.28. The molecule has 1 heterocycles. The van der Waals surface area contributed by atoms with Crippen molar-refractivity contribution in [2.24, 2.45) is 5.41 Å². The summed E-state index contributed by atoms with van der Waals surface area (Å²) < 4.78 is 29.1. The fourth-order valence-electron chi connectivity index (χ4n) is 5.09. The lowest BCUT2D eigenvalue weighted by molar-refractivity contribution is 0.133. The minimum absolute atomic E-state index is 0.106. The number of hydrogen-bond donors (Lipinski definition) is 1. The van der Waals surface area contributed by atoms with Crippen LogP contribution in [0.4, 0.5) is 0 Å². The van der Waals surface area contributed by atoms with Crippen LogP contribution >= 0.6 is 0 Å². The van der Waals surface area contributed by atoms with E-state index >= 15 is 0 Å². The molecule has 0 bridgehead atoms. The van der Waals surface area contributed by atoms with Gasteiger partial charge in [0.05, 0.1) is 17.5 Å². The predicted molar refractivity (Wildman–Crippen MR) is 122 cm³/mol. The Labute approximate surface area is 183 Å². The summed E-state index contributed by atoms with van der Waals surface area (Å²) in [6, 6.07) is 24.4. The Morgan fingerprint density at radius 1 is 1.00 bits per heavy atom. The van der Waals surface area contributed by atoms with E-state index in [0.717, 1.165) is 27.8 Å². The van der Waals surface area contributed by atoms with Crippen molar-refractivity contribution in [1.29, 1.82) is 0 Å². The van der Waals surface area contributed by atoms with E-state index < -0.39 is 21.5 Å². The normalized spacial score (nSPS) is 24.3. The van der Waals surface area contributed by atoms with Crippen LogP contribution in [0.1, 0.15) is 28.3 Å². The third kappa shape index (κ3) is 3.16. The number of aryl methyl sites for hydroxylation is 1. The largest absolute Gasteiger partial charge is 0.395 e. The first-order valence-electron chi connectivity index (χ1n) is 10.5. The van der Waals surface area contributed by atoms with Gasteiger partial charge >= 0.3 is 0 Å². The first kappa shape index (κ1) is 20.2. The lowest BCUT2D eigenvalue weighted by atomic mass is 9.77. The summed E-state index contributed by atoms with van der Waals surface area (Å²) in [5, 5.41) is 10.7. The second kappa shape index (κ2) is 7.45. The number of fused-ring (bicyclic) bond motifs is 3. The zero-order valence-electron chi connectivity index (χ0n) is 17.4. The quantitative estimate of drug-likeness (QED) is 0.668. The van der Waals surface area contributed by atoms with Crippen molar-refractivity contribution in [1.82, 2.24) is 4.31 Å². The molecule has 0 amide bonds. The number of aliphatic hydroxyl groups excluding tert-OH is 1. The van der Waals surface area contributed by atoms with Crippen molar-refractivity contribution < 1.29 is 13.5 Å². The summed E-state index contributed by atoms with van der Waals surface area (Å²) in [6.45, 7) is 2.10. The number of sulfonamides is 1. The number of hydrogen-bond acceptors (Lipinski definition) is 3. The van der Waals surface area contributed by atoms with Crippen LogP contribution in [0.2, 0.25) is 0 Å². The summed E-state index contributed by atoms with van der Waals surface area (Å²) in [5.74, 6) is 0. The van der Waals surface area contributed by atoms with E-state index in [1.807, 2.05) is 73.7 Å². The summed E-state index contributed by atoms with van der Waals surface area (Å²) in [6.07, 6.45) is 2.68. The minimum atomic E-state index is -3.74. The molecule has 5 heteroatoms. The maximum atomic E-state index is 13.8. The SMILES string of the molecule is Cc1ccc(S(=O)(=O)N2C/C(=C/c3ccccc3)[C@]3(CO)Cc4ccccc4C23)cc1. The lowest BCUT2D eigenvalue weighted by Crippen LogP contribution is -2.35. The van der Waals surface area contributed by atoms with E-state index in [9.17, 15) is 13.5 Å². The third-order valence-electron chi connectivity index (χ3n) is 6.68. The Bertz CT molecular complexity index is 1250. The van der Waals surface area contributed by atoms with Gasteiger partial charge in [-0.3, -0.25) is 0 Å². The first-order chi connectivity index (χ1) is 15.0. The molecule has 1 aliphatic heterocycles. The highest BCUT2D eigenvalue weighted by molar-refractivity contribution is 7.89. The number of rotatable bonds is 4. The lowest BCUT2D eigenvalue weighted by Gasteiger charge is -2.31. The van der Waals surface area contributed by atoms with Gasteiger partial charge in [0.15, 0.2) is 0 Å². The Balaban J connectivity index is 1.69. The Morgan fingerprint density at radius 2 is 1.68 bits per heavy atom. The second-order valence-corrected chi connectivity index (χ2v) is 10.4. The zero-order chi connectivity index (χ0) is 21.6. The van der Waals surface area contributed by atoms with Gasteiger partial charge in [-0.05, 0) is 47.7 Å². The molecule has 0 spiro atoms. The van der Waals surface area contributed by atoms with Crippen LogP contribution in [-0.4, -0.2) is 31.0 Å². The van der Waals surface area contributed by atoms with Crippen molar-refractivity contribution in [3.8, 4) is 0 Å². The van der Waals surface area contributed by atoms with Crippen LogP contribution in [0.25, 0.3) is 6.08 Å². The van der Waals surface area contributed by atoms with E-state index in [4.69, 9.17) is 0 Å². The van der Waals surface area contributed by atoms with Crippen molar-refractivity contribution >= 4 is 16.1 Å². The average molecular weight is 432 g/mol. The van der Waals surface area contributed by atoms with Crippen LogP contribution < -0.4 is 0 Å². The molecule has 2 atom stereocenters. The molecule has 5 rings (SSSR count). The monoisotopic (exact) mass is 431 g/mol. The molecule has 3 aromatic rings. The topological polar surface area (TPSA) is 57.6 Å². The molecule has 0 radical (unpaired) electrons. The Kier molecular flexibility index (Phi) is 4.85. The van der Waals surface area contributed by atoms with E-state index in [-0.39, 0.29) is 18.0 Å². The van der Waals surface area contributed by atoms with Crippen molar-refractivity contribution in [2.45, 2.75) is 24.3 Å². The maximum Gasteiger partial charge on any atom is 0.243 e. The highest BCUT2D eigenvalue weighted by Gasteiger charge is 2.58. The molecular weight excluding hydrogens is 406 g/mol. The summed E-state index contributed by atoms with van der Waals surface area (Å²) in [7, 11) is -3.74. The van der Waals surface area contributed by atoms with E-state index in [1.54, 1.807) is 16.4 Å². The minimum Gasteiger partial charge on any atom is -0.395 e. The molecular formula is C26H25NO3S. The molecule has 1 saturated heterocycles. The second-order valence-electron chi connectivity index (χ2n) is 8.54. The van der Waals surface area contributed by atoms with E-state index in [0.29, 0.717) is 6.42 Å². The molecule has 0 aromatic heterocycles. The van der Waals surface area contributed by atoms with Crippen molar-refractivity contribution in [3.05, 3.63) is 107 Å². The summed E-state index contributed by atoms with van der Waals surface area (Å²) in [4.78, 5) is 0.287. The van der Waals surface area contributed by atoms with Gasteiger partial charge in [-0.1, -0.05) is 78.4 Å². The van der Waals surface area contributed by atoms with Gasteiger partial charge in [0.1, 0.15) is 0 Å². The smallest absolute Gasteiger partial charge is 0.243 e. The Hall–Kier alpha value is -2.73. The predicted octanol–water partition coefficient (Wildman–Crippen LogP) is 4.36. The van der Waals surface area contributed by atoms with Gasteiger partial charge in [-0.15, -0.1) is 0 Å². The Morgan fingerprint density at radius 3 is 2.39 bits per heavy atom. The van der Waals surface area contributed by atoms with Crippen LogP contribution in [0.15, 0.2) is 89.3 Å². The van der Waals surface area contributed by atoms with Gasteiger partial charge < -0.3 is 5.11 Å². The number of benzene rings is 3. The molecule has 1 aliphatic carbocycles. The summed E-state index contributed by atoms with van der Waals surface area (Å²) >= 11 is 0. The van der Waals surface area contributed by atoms with Crippen LogP contribution in [0.5, 0.6) is 0 Å². The van der Waals surface area contributed by atoms with Crippen LogP contribution in [0, 0.1) is 12.3 Å². The molecule has 31 heavy (non-hydrogen) atoms. The van der Waals surface area contributed by atoms with Gasteiger partial charge in [0, 0.05) is 12.0 Å². The molecule has 1 fully saturated rings. The molecule has 4 nitrogen and oxygen atoms in total. The van der Waals surface area contributed by atoms with Crippen LogP contribution in [0.3, 0.4) is 0 Å². The fourth-order valence-corrected chi connectivity index (χ4v) is 6.74. The highest BCUT2D eigenvalue weighted by atomic mass is 32.2. The standard InChI is InChI=1S/C26H25NO3S/c1-19-11-13-23(14-12-19)31(29,30)27-17-22(15-20-7-3-2-4-8-20)26(18-28)16-21-9-5-6-10-24(21)25(26)27/h2-15,25,28H,16-18H2,1H3/b22-15-/t25?,26-/m1/s1. The molecule has 1 unspecified atom stereocenters. The molecule has 158 valence electrons. The number of nitrogens with zero attached hydrogens (tertiary/aromatic N) is 1. The highest BCUT2D eigenvalue weighted by Crippen LogP contribution is 2.59. The molecule has 1 N–H and O–H groups in total. The molecule has 0 saturated carbocycles. The summed E-state index contributed by atoms with van der Waals surface area (Å²) in [5.41, 5.74) is 4.42. The number of aliphatic hydroxyl groups is 1. The zero-order valence-corrected chi connectivity index (χ0v) is 18.2. The maximum absolute atomic E-state index is 13.8. The third-order valence-corrected chi connectivity index (χ3v) is 8.51. The van der Waals surface area contributed by atoms with Gasteiger partial charge in [0.2, 0.25) is 10.0 Å². The van der Waals surface area contributed by atoms with E-state index in [1.165, 1.54) is 0 Å². The van der Waals surface area contributed by atoms with Crippen molar-refractivity contribution in [3.63, 3.8) is 0 Å². The van der Waals surface area contributed by atoms with Gasteiger partial charge in [0.25, 0.3) is 0 Å². The van der Waals surface area contributed by atoms with Crippen LogP contribution in [-0.2, 0) is 16.4 Å². The van der Waals surface area contributed by atoms with Gasteiger partial charge in [-0.2, -0.15) is 4.31 Å². The fraction of sp³-hybridized carbons (Fsp3) is 0.231. The first-order valence-corrected chi connectivity index (χ1v) is 11.9.